The molecule has 1 aliphatic carbocycles. The van der Waals surface area contributed by atoms with Crippen LogP contribution < -0.4 is 5.73 Å². The quantitative estimate of drug-likeness (QED) is 0.708. The van der Waals surface area contributed by atoms with Crippen LogP contribution in [0.2, 0.25) is 0 Å². The zero-order valence-electron chi connectivity index (χ0n) is 8.95. The summed E-state index contributed by atoms with van der Waals surface area (Å²) in [6.45, 7) is 0. The van der Waals surface area contributed by atoms with Gasteiger partial charge in [0, 0.05) is 7.05 Å². The molecular weight excluding hydrogens is 186 g/mol. The number of nitrogens with two attached hydrogens (primary N) is 1. The Morgan fingerprint density at radius 2 is 1.87 bits per heavy atom. The molecule has 1 aromatic carbocycles. The summed E-state index contributed by atoms with van der Waals surface area (Å²) in [6, 6.07) is 4.47. The van der Waals surface area contributed by atoms with Crippen molar-refractivity contribution in [1.29, 1.82) is 0 Å². The molecule has 0 unspecified atom stereocenters. The van der Waals surface area contributed by atoms with Crippen LogP contribution in [0.5, 0.6) is 0 Å². The third kappa shape index (κ3) is 1.23. The van der Waals surface area contributed by atoms with Crippen molar-refractivity contribution >= 4 is 17.0 Å². The van der Waals surface area contributed by atoms with E-state index < -0.39 is 0 Å². The fourth-order valence-corrected chi connectivity index (χ4v) is 2.44. The van der Waals surface area contributed by atoms with Crippen molar-refractivity contribution in [2.75, 3.05) is 5.73 Å². The highest BCUT2D eigenvalue weighted by Crippen LogP contribution is 2.27. The van der Waals surface area contributed by atoms with Gasteiger partial charge in [-0.2, -0.15) is 0 Å². The molecule has 15 heavy (non-hydrogen) atoms. The molecule has 1 heterocycles. The molecule has 0 saturated carbocycles. The fourth-order valence-electron chi connectivity index (χ4n) is 2.44. The van der Waals surface area contributed by atoms with Gasteiger partial charge in [0.15, 0.2) is 0 Å². The lowest BCUT2D eigenvalue weighted by molar-refractivity contribution is 0.686. The Labute approximate surface area is 88.9 Å². The van der Waals surface area contributed by atoms with Crippen LogP contribution in [0.4, 0.5) is 5.95 Å². The summed E-state index contributed by atoms with van der Waals surface area (Å²) >= 11 is 0. The minimum Gasteiger partial charge on any atom is -0.369 e. The van der Waals surface area contributed by atoms with Gasteiger partial charge in [0.25, 0.3) is 0 Å². The molecule has 0 radical (unpaired) electrons. The Balaban J connectivity index is 2.30. The van der Waals surface area contributed by atoms with E-state index in [1.807, 2.05) is 11.6 Å². The first-order valence-electron chi connectivity index (χ1n) is 5.49. The summed E-state index contributed by atoms with van der Waals surface area (Å²) < 4.78 is 1.96. The molecule has 3 nitrogen and oxygen atoms in total. The number of hydrogen-bond donors (Lipinski definition) is 1. The first-order chi connectivity index (χ1) is 7.25. The van der Waals surface area contributed by atoms with Crippen LogP contribution in [0, 0.1) is 0 Å². The van der Waals surface area contributed by atoms with E-state index in [2.05, 4.69) is 17.1 Å². The fraction of sp³-hybridized carbons (Fsp3) is 0.417. The van der Waals surface area contributed by atoms with E-state index in [0.717, 1.165) is 11.0 Å². The van der Waals surface area contributed by atoms with Crippen molar-refractivity contribution in [3.05, 3.63) is 23.3 Å². The van der Waals surface area contributed by atoms with E-state index in [9.17, 15) is 0 Å². The van der Waals surface area contributed by atoms with Crippen LogP contribution in [0.25, 0.3) is 11.0 Å². The van der Waals surface area contributed by atoms with E-state index in [-0.39, 0.29) is 0 Å². The first-order valence-corrected chi connectivity index (χ1v) is 5.49. The number of aromatic nitrogens is 2. The molecule has 0 aliphatic heterocycles. The SMILES string of the molecule is Cn1c(N)nc2cc3c(cc21)CCCC3. The molecular formula is C12H15N3. The molecule has 0 atom stereocenters. The summed E-state index contributed by atoms with van der Waals surface area (Å²) in [4.78, 5) is 4.36. The van der Waals surface area contributed by atoms with Crippen molar-refractivity contribution in [2.45, 2.75) is 25.7 Å². The van der Waals surface area contributed by atoms with E-state index in [4.69, 9.17) is 5.73 Å². The second-order valence-electron chi connectivity index (χ2n) is 4.35. The van der Waals surface area contributed by atoms with Gasteiger partial charge in [-0.05, 0) is 48.9 Å². The monoisotopic (exact) mass is 201 g/mol. The molecule has 0 bridgehead atoms. The maximum absolute atomic E-state index is 5.80. The van der Waals surface area contributed by atoms with Crippen molar-refractivity contribution in [3.8, 4) is 0 Å². The highest BCUT2D eigenvalue weighted by molar-refractivity contribution is 5.80. The van der Waals surface area contributed by atoms with Crippen LogP contribution in [-0.2, 0) is 19.9 Å². The third-order valence-corrected chi connectivity index (χ3v) is 3.38. The number of anilines is 1. The predicted octanol–water partition coefficient (Wildman–Crippen LogP) is 2.03. The standard InChI is InChI=1S/C12H15N3/c1-15-11-7-9-5-3-2-4-8(9)6-10(11)14-12(15)13/h6-7H,2-5H2,1H3,(H2,13,14). The average molecular weight is 201 g/mol. The van der Waals surface area contributed by atoms with Crippen LogP contribution in [0.3, 0.4) is 0 Å². The van der Waals surface area contributed by atoms with Crippen molar-refractivity contribution < 1.29 is 0 Å². The smallest absolute Gasteiger partial charge is 0.200 e. The molecule has 78 valence electrons. The molecule has 1 aliphatic rings. The van der Waals surface area contributed by atoms with Gasteiger partial charge >= 0.3 is 0 Å². The van der Waals surface area contributed by atoms with Gasteiger partial charge in [0.05, 0.1) is 11.0 Å². The lowest BCUT2D eigenvalue weighted by Crippen LogP contribution is -2.02. The number of aryl methyl sites for hydroxylation is 3. The van der Waals surface area contributed by atoms with Gasteiger partial charge in [-0.1, -0.05) is 0 Å². The number of fused-ring (bicyclic) bond motifs is 2. The molecule has 1 aromatic heterocycles. The Morgan fingerprint density at radius 3 is 2.60 bits per heavy atom. The summed E-state index contributed by atoms with van der Waals surface area (Å²) in [5, 5.41) is 0. The molecule has 0 saturated heterocycles. The largest absolute Gasteiger partial charge is 0.369 e. The maximum atomic E-state index is 5.80. The predicted molar refractivity (Wildman–Crippen MR) is 61.8 cm³/mol. The summed E-state index contributed by atoms with van der Waals surface area (Å²) in [7, 11) is 1.97. The number of rotatable bonds is 0. The van der Waals surface area contributed by atoms with Crippen molar-refractivity contribution in [1.82, 2.24) is 9.55 Å². The van der Waals surface area contributed by atoms with Gasteiger partial charge in [-0.25, -0.2) is 4.98 Å². The van der Waals surface area contributed by atoms with E-state index >= 15 is 0 Å². The second-order valence-corrected chi connectivity index (χ2v) is 4.35. The van der Waals surface area contributed by atoms with Crippen LogP contribution in [0.15, 0.2) is 12.1 Å². The molecule has 2 aromatic rings. The van der Waals surface area contributed by atoms with Gasteiger partial charge in [-0.15, -0.1) is 0 Å². The lowest BCUT2D eigenvalue weighted by atomic mass is 9.91. The summed E-state index contributed by atoms with van der Waals surface area (Å²) in [5.41, 5.74) is 10.9. The summed E-state index contributed by atoms with van der Waals surface area (Å²) in [5.74, 6) is 0.604. The average Bonchev–Trinajstić information content (AvgIpc) is 2.52. The van der Waals surface area contributed by atoms with Crippen LogP contribution in [-0.4, -0.2) is 9.55 Å². The molecule has 0 spiro atoms. The second kappa shape index (κ2) is 2.99. The Bertz CT molecular complexity index is 525. The molecule has 3 heteroatoms. The first kappa shape index (κ1) is 8.77. The lowest BCUT2D eigenvalue weighted by Gasteiger charge is -2.15. The van der Waals surface area contributed by atoms with Crippen LogP contribution in [0.1, 0.15) is 24.0 Å². The normalized spacial score (nSPS) is 15.5. The maximum Gasteiger partial charge on any atom is 0.200 e. The van der Waals surface area contributed by atoms with E-state index in [0.29, 0.717) is 5.95 Å². The van der Waals surface area contributed by atoms with Crippen LogP contribution >= 0.6 is 0 Å². The molecule has 0 amide bonds. The minimum atomic E-state index is 0.604. The number of imidazole rings is 1. The highest BCUT2D eigenvalue weighted by Gasteiger charge is 2.13. The van der Waals surface area contributed by atoms with Gasteiger partial charge < -0.3 is 10.3 Å². The van der Waals surface area contributed by atoms with Crippen molar-refractivity contribution in [3.63, 3.8) is 0 Å². The number of nitrogens with zero attached hydrogens (tertiary/aromatic N) is 2. The topological polar surface area (TPSA) is 43.8 Å². The molecule has 2 N–H and O–H groups in total. The van der Waals surface area contributed by atoms with Gasteiger partial charge in [-0.3, -0.25) is 0 Å². The summed E-state index contributed by atoms with van der Waals surface area (Å²) in [6.07, 6.45) is 5.02. The molecule has 3 rings (SSSR count). The highest BCUT2D eigenvalue weighted by atomic mass is 15.1. The Morgan fingerprint density at radius 1 is 1.20 bits per heavy atom. The number of benzene rings is 1. The Hall–Kier alpha value is -1.51. The van der Waals surface area contributed by atoms with Crippen molar-refractivity contribution in [2.24, 2.45) is 7.05 Å². The number of nitrogen functional groups attached to an aromatic ring is 1. The van der Waals surface area contributed by atoms with E-state index in [1.54, 1.807) is 0 Å². The molecule has 0 fully saturated rings. The van der Waals surface area contributed by atoms with E-state index in [1.165, 1.54) is 36.8 Å². The number of hydrogen-bond acceptors (Lipinski definition) is 2. The third-order valence-electron chi connectivity index (χ3n) is 3.38. The zero-order valence-corrected chi connectivity index (χ0v) is 8.95. The minimum absolute atomic E-state index is 0.604. The van der Waals surface area contributed by atoms with Gasteiger partial charge in [0.2, 0.25) is 5.95 Å². The zero-order chi connectivity index (χ0) is 10.4. The van der Waals surface area contributed by atoms with Gasteiger partial charge in [0.1, 0.15) is 0 Å². The Kier molecular flexibility index (Phi) is 1.75.